The fourth-order valence-corrected chi connectivity index (χ4v) is 2.73. The number of hydrogen-bond donors (Lipinski definition) is 1. The Morgan fingerprint density at radius 2 is 1.70 bits per heavy atom. The van der Waals surface area contributed by atoms with Crippen LogP contribution in [-0.4, -0.2) is 24.9 Å². The summed E-state index contributed by atoms with van der Waals surface area (Å²) in [5.74, 6) is -0.345. The SMILES string of the molecule is CC(=O)N(CC(=O)NCCc1ccccc1)c1ccccc1Br. The normalized spacial score (nSPS) is 10.2. The number of halogens is 1. The highest BCUT2D eigenvalue weighted by Gasteiger charge is 2.17. The largest absolute Gasteiger partial charge is 0.354 e. The lowest BCUT2D eigenvalue weighted by atomic mass is 10.1. The molecule has 0 bridgehead atoms. The Labute approximate surface area is 144 Å². The Kier molecular flexibility index (Phi) is 6.35. The summed E-state index contributed by atoms with van der Waals surface area (Å²) in [7, 11) is 0. The molecule has 0 atom stereocenters. The van der Waals surface area contributed by atoms with Crippen LogP contribution in [0.4, 0.5) is 5.69 Å². The predicted molar refractivity (Wildman–Crippen MR) is 95.3 cm³/mol. The van der Waals surface area contributed by atoms with Crippen molar-refractivity contribution < 1.29 is 9.59 Å². The Balaban J connectivity index is 1.91. The number of rotatable bonds is 6. The van der Waals surface area contributed by atoms with E-state index >= 15 is 0 Å². The van der Waals surface area contributed by atoms with Gasteiger partial charge in [0.05, 0.1) is 5.69 Å². The molecule has 0 saturated heterocycles. The van der Waals surface area contributed by atoms with Gasteiger partial charge in [0.25, 0.3) is 0 Å². The van der Waals surface area contributed by atoms with Crippen LogP contribution in [0.5, 0.6) is 0 Å². The van der Waals surface area contributed by atoms with Crippen LogP contribution in [0.1, 0.15) is 12.5 Å². The first-order valence-corrected chi connectivity index (χ1v) is 8.20. The van der Waals surface area contributed by atoms with Gasteiger partial charge in [0, 0.05) is 17.9 Å². The molecule has 0 unspecified atom stereocenters. The molecule has 2 rings (SSSR count). The van der Waals surface area contributed by atoms with Crippen molar-refractivity contribution >= 4 is 33.4 Å². The van der Waals surface area contributed by atoms with E-state index in [1.54, 1.807) is 0 Å². The van der Waals surface area contributed by atoms with Crippen molar-refractivity contribution in [1.29, 1.82) is 0 Å². The van der Waals surface area contributed by atoms with Crippen molar-refractivity contribution in [2.45, 2.75) is 13.3 Å². The molecule has 2 amide bonds. The van der Waals surface area contributed by atoms with E-state index in [1.165, 1.54) is 17.4 Å². The number of amides is 2. The molecule has 0 spiro atoms. The van der Waals surface area contributed by atoms with Crippen LogP contribution in [0, 0.1) is 0 Å². The van der Waals surface area contributed by atoms with Crippen LogP contribution >= 0.6 is 15.9 Å². The van der Waals surface area contributed by atoms with Crippen LogP contribution in [-0.2, 0) is 16.0 Å². The van der Waals surface area contributed by atoms with Crippen LogP contribution in [0.25, 0.3) is 0 Å². The molecule has 2 aromatic rings. The van der Waals surface area contributed by atoms with E-state index < -0.39 is 0 Å². The molecule has 5 heteroatoms. The number of nitrogens with one attached hydrogen (secondary N) is 1. The zero-order valence-corrected chi connectivity index (χ0v) is 14.5. The summed E-state index contributed by atoms with van der Waals surface area (Å²) in [6.07, 6.45) is 0.766. The minimum atomic E-state index is -0.174. The van der Waals surface area contributed by atoms with Gasteiger partial charge in [0.15, 0.2) is 0 Å². The standard InChI is InChI=1S/C18H19BrN2O2/c1-14(22)21(17-10-6-5-9-16(17)19)13-18(23)20-12-11-15-7-3-2-4-8-15/h2-10H,11-13H2,1H3,(H,20,23). The van der Waals surface area contributed by atoms with E-state index in [0.717, 1.165) is 10.9 Å². The Morgan fingerprint density at radius 3 is 2.35 bits per heavy atom. The van der Waals surface area contributed by atoms with Crippen LogP contribution in [0.2, 0.25) is 0 Å². The molecule has 0 radical (unpaired) electrons. The van der Waals surface area contributed by atoms with Crippen molar-refractivity contribution in [2.75, 3.05) is 18.0 Å². The van der Waals surface area contributed by atoms with Crippen molar-refractivity contribution in [3.05, 3.63) is 64.6 Å². The smallest absolute Gasteiger partial charge is 0.240 e. The molecule has 1 N–H and O–H groups in total. The molecule has 120 valence electrons. The first kappa shape index (κ1) is 17.2. The molecular formula is C18H19BrN2O2. The number of carbonyl (C=O) groups is 2. The van der Waals surface area contributed by atoms with Gasteiger partial charge in [-0.1, -0.05) is 42.5 Å². The average molecular weight is 375 g/mol. The van der Waals surface area contributed by atoms with Gasteiger partial charge < -0.3 is 10.2 Å². The maximum absolute atomic E-state index is 12.1. The third-order valence-corrected chi connectivity index (χ3v) is 4.07. The summed E-state index contributed by atoms with van der Waals surface area (Å²) in [6.45, 7) is 2.01. The van der Waals surface area contributed by atoms with Crippen molar-refractivity contribution in [3.8, 4) is 0 Å². The van der Waals surface area contributed by atoms with Gasteiger partial charge in [-0.15, -0.1) is 0 Å². The fourth-order valence-electron chi connectivity index (χ4n) is 2.23. The molecule has 0 saturated carbocycles. The van der Waals surface area contributed by atoms with E-state index in [2.05, 4.69) is 21.2 Å². The average Bonchev–Trinajstić information content (AvgIpc) is 2.54. The summed E-state index contributed by atoms with van der Waals surface area (Å²) in [4.78, 5) is 25.4. The third kappa shape index (κ3) is 5.21. The van der Waals surface area contributed by atoms with Gasteiger partial charge in [-0.25, -0.2) is 0 Å². The van der Waals surface area contributed by atoms with Gasteiger partial charge in [-0.3, -0.25) is 9.59 Å². The molecule has 4 nitrogen and oxygen atoms in total. The number of nitrogens with zero attached hydrogens (tertiary/aromatic N) is 1. The third-order valence-electron chi connectivity index (χ3n) is 3.40. The summed E-state index contributed by atoms with van der Waals surface area (Å²) in [5.41, 5.74) is 1.86. The quantitative estimate of drug-likeness (QED) is 0.843. The summed E-state index contributed by atoms with van der Waals surface area (Å²) in [5, 5.41) is 2.86. The van der Waals surface area contributed by atoms with Gasteiger partial charge >= 0.3 is 0 Å². The highest BCUT2D eigenvalue weighted by molar-refractivity contribution is 9.10. The lowest BCUT2D eigenvalue weighted by Gasteiger charge is -2.21. The van der Waals surface area contributed by atoms with Crippen LogP contribution in [0.15, 0.2) is 59.1 Å². The number of hydrogen-bond acceptors (Lipinski definition) is 2. The first-order valence-electron chi connectivity index (χ1n) is 7.41. The van der Waals surface area contributed by atoms with Crippen LogP contribution in [0.3, 0.4) is 0 Å². The summed E-state index contributed by atoms with van der Waals surface area (Å²) in [6, 6.07) is 17.3. The summed E-state index contributed by atoms with van der Waals surface area (Å²) >= 11 is 3.41. The lowest BCUT2D eigenvalue weighted by molar-refractivity contribution is -0.123. The Hall–Kier alpha value is -2.14. The first-order chi connectivity index (χ1) is 11.1. The molecule has 0 heterocycles. The molecule has 2 aromatic carbocycles. The zero-order chi connectivity index (χ0) is 16.7. The minimum Gasteiger partial charge on any atom is -0.354 e. The molecule has 0 aliphatic heterocycles. The Morgan fingerprint density at radius 1 is 1.04 bits per heavy atom. The number of anilines is 1. The van der Waals surface area contributed by atoms with Crippen molar-refractivity contribution in [1.82, 2.24) is 5.32 Å². The summed E-state index contributed by atoms with van der Waals surface area (Å²) < 4.78 is 0.785. The molecule has 0 aromatic heterocycles. The van der Waals surface area contributed by atoms with Crippen molar-refractivity contribution in [3.63, 3.8) is 0 Å². The second-order valence-electron chi connectivity index (χ2n) is 5.14. The molecule has 0 aliphatic rings. The fraction of sp³-hybridized carbons (Fsp3) is 0.222. The highest BCUT2D eigenvalue weighted by Crippen LogP contribution is 2.25. The van der Waals surface area contributed by atoms with E-state index in [-0.39, 0.29) is 18.4 Å². The predicted octanol–water partition coefficient (Wildman–Crippen LogP) is 3.16. The number of carbonyl (C=O) groups excluding carboxylic acids is 2. The van der Waals surface area contributed by atoms with E-state index in [0.29, 0.717) is 12.2 Å². The maximum atomic E-state index is 12.1. The second-order valence-corrected chi connectivity index (χ2v) is 6.00. The second kappa shape index (κ2) is 8.48. The van der Waals surface area contributed by atoms with Gasteiger partial charge in [-0.2, -0.15) is 0 Å². The monoisotopic (exact) mass is 374 g/mol. The number of para-hydroxylation sites is 1. The number of benzene rings is 2. The minimum absolute atomic E-state index is 0.00668. The maximum Gasteiger partial charge on any atom is 0.240 e. The lowest BCUT2D eigenvalue weighted by Crippen LogP contribution is -2.40. The van der Waals surface area contributed by atoms with Crippen molar-refractivity contribution in [2.24, 2.45) is 0 Å². The van der Waals surface area contributed by atoms with Gasteiger partial charge in [-0.05, 0) is 40.0 Å². The topological polar surface area (TPSA) is 49.4 Å². The molecule has 0 fully saturated rings. The highest BCUT2D eigenvalue weighted by atomic mass is 79.9. The molecule has 0 aliphatic carbocycles. The van der Waals surface area contributed by atoms with Gasteiger partial charge in [0.1, 0.15) is 6.54 Å². The molecule has 23 heavy (non-hydrogen) atoms. The van der Waals surface area contributed by atoms with Crippen LogP contribution < -0.4 is 10.2 Å². The van der Waals surface area contributed by atoms with Gasteiger partial charge in [0.2, 0.25) is 11.8 Å². The van der Waals surface area contributed by atoms with E-state index in [4.69, 9.17) is 0 Å². The zero-order valence-electron chi connectivity index (χ0n) is 13.0. The van der Waals surface area contributed by atoms with E-state index in [1.807, 2.05) is 54.6 Å². The molecular weight excluding hydrogens is 356 g/mol. The Bertz CT molecular complexity index is 674. The van der Waals surface area contributed by atoms with E-state index in [9.17, 15) is 9.59 Å².